The third kappa shape index (κ3) is 2.71. The summed E-state index contributed by atoms with van der Waals surface area (Å²) in [5.74, 6) is 2.68. The molecule has 19 heavy (non-hydrogen) atoms. The molecule has 2 aliphatic heterocycles. The summed E-state index contributed by atoms with van der Waals surface area (Å²) in [6.45, 7) is 4.44. The molecule has 0 aromatic heterocycles. The van der Waals surface area contributed by atoms with Gasteiger partial charge in [0.25, 0.3) is 0 Å². The van der Waals surface area contributed by atoms with Gasteiger partial charge in [0, 0.05) is 12.0 Å². The third-order valence-electron chi connectivity index (χ3n) is 4.22. The van der Waals surface area contributed by atoms with Crippen LogP contribution in [0.1, 0.15) is 30.9 Å². The second kappa shape index (κ2) is 5.41. The topological polar surface area (TPSA) is 30.5 Å². The predicted octanol–water partition coefficient (Wildman–Crippen LogP) is 2.56. The van der Waals surface area contributed by atoms with Crippen LogP contribution in [0.2, 0.25) is 0 Å². The van der Waals surface area contributed by atoms with Gasteiger partial charge in [-0.2, -0.15) is 0 Å². The van der Waals surface area contributed by atoms with Gasteiger partial charge in [0.15, 0.2) is 11.5 Å². The number of hydrogen-bond donors (Lipinski definition) is 1. The lowest BCUT2D eigenvalue weighted by Crippen LogP contribution is -2.28. The largest absolute Gasteiger partial charge is 0.493 e. The number of benzene rings is 1. The molecule has 3 nitrogen and oxygen atoms in total. The van der Waals surface area contributed by atoms with Crippen molar-refractivity contribution < 1.29 is 9.47 Å². The molecular formula is C16H23NO2. The van der Waals surface area contributed by atoms with Gasteiger partial charge in [-0.3, -0.25) is 0 Å². The molecule has 2 heterocycles. The summed E-state index contributed by atoms with van der Waals surface area (Å²) < 4.78 is 11.3. The number of nitrogens with one attached hydrogen (secondary N) is 1. The lowest BCUT2D eigenvalue weighted by Gasteiger charge is -2.23. The first-order valence-electron chi connectivity index (χ1n) is 7.33. The zero-order chi connectivity index (χ0) is 13.2. The maximum Gasteiger partial charge on any atom is 0.164 e. The zero-order valence-electron chi connectivity index (χ0n) is 11.9. The Morgan fingerprint density at radius 1 is 1.32 bits per heavy atom. The first-order chi connectivity index (χ1) is 9.26. The fraction of sp³-hybridized carbons (Fsp3) is 0.625. The molecular weight excluding hydrogens is 238 g/mol. The number of methoxy groups -OCH3 is 1. The van der Waals surface area contributed by atoms with Crippen LogP contribution in [0.15, 0.2) is 12.1 Å². The van der Waals surface area contributed by atoms with E-state index >= 15 is 0 Å². The van der Waals surface area contributed by atoms with Crippen molar-refractivity contribution in [2.24, 2.45) is 5.92 Å². The molecule has 1 atom stereocenters. The minimum atomic E-state index is 0.276. The summed E-state index contributed by atoms with van der Waals surface area (Å²) in [5.41, 5.74) is 2.72. The van der Waals surface area contributed by atoms with Crippen molar-refractivity contribution in [2.45, 2.75) is 38.7 Å². The molecule has 1 fully saturated rings. The fourth-order valence-corrected chi connectivity index (χ4v) is 3.25. The number of piperidine rings is 1. The highest BCUT2D eigenvalue weighted by Gasteiger charge is 2.24. The highest BCUT2D eigenvalue weighted by atomic mass is 16.5. The van der Waals surface area contributed by atoms with Crippen molar-refractivity contribution in [1.29, 1.82) is 0 Å². The Balaban J connectivity index is 1.80. The molecule has 1 unspecified atom stereocenters. The SMILES string of the molecule is COc1cc(CC2CCNCC2)cc2c1OC(C)C2. The van der Waals surface area contributed by atoms with E-state index in [1.165, 1.54) is 30.4 Å². The van der Waals surface area contributed by atoms with E-state index in [1.54, 1.807) is 7.11 Å². The van der Waals surface area contributed by atoms with E-state index in [1.807, 2.05) is 0 Å². The van der Waals surface area contributed by atoms with E-state index in [4.69, 9.17) is 9.47 Å². The molecule has 0 radical (unpaired) electrons. The van der Waals surface area contributed by atoms with Crippen LogP contribution in [0.4, 0.5) is 0 Å². The quantitative estimate of drug-likeness (QED) is 0.907. The second-order valence-electron chi connectivity index (χ2n) is 5.82. The molecule has 0 bridgehead atoms. The van der Waals surface area contributed by atoms with E-state index in [-0.39, 0.29) is 6.10 Å². The smallest absolute Gasteiger partial charge is 0.164 e. The van der Waals surface area contributed by atoms with E-state index in [9.17, 15) is 0 Å². The van der Waals surface area contributed by atoms with E-state index < -0.39 is 0 Å². The Morgan fingerprint density at radius 2 is 2.11 bits per heavy atom. The summed E-state index contributed by atoms with van der Waals surface area (Å²) in [6, 6.07) is 4.49. The summed E-state index contributed by atoms with van der Waals surface area (Å²) in [4.78, 5) is 0. The van der Waals surface area contributed by atoms with Crippen LogP contribution in [0.3, 0.4) is 0 Å². The maximum absolute atomic E-state index is 5.84. The molecule has 0 saturated carbocycles. The lowest BCUT2D eigenvalue weighted by atomic mass is 9.90. The van der Waals surface area contributed by atoms with Crippen LogP contribution in [-0.2, 0) is 12.8 Å². The summed E-state index contributed by atoms with van der Waals surface area (Å²) in [5, 5.41) is 3.43. The van der Waals surface area contributed by atoms with Gasteiger partial charge in [-0.1, -0.05) is 6.07 Å². The molecule has 1 aromatic rings. The molecule has 104 valence electrons. The molecule has 1 N–H and O–H groups in total. The van der Waals surface area contributed by atoms with Crippen molar-refractivity contribution in [1.82, 2.24) is 5.32 Å². The maximum atomic E-state index is 5.84. The number of rotatable bonds is 3. The second-order valence-corrected chi connectivity index (χ2v) is 5.82. The summed E-state index contributed by atoms with van der Waals surface area (Å²) in [7, 11) is 1.73. The average molecular weight is 261 g/mol. The average Bonchev–Trinajstić information content (AvgIpc) is 2.79. The van der Waals surface area contributed by atoms with E-state index in [2.05, 4.69) is 24.4 Å². The number of ether oxygens (including phenoxy) is 2. The van der Waals surface area contributed by atoms with Gasteiger partial charge < -0.3 is 14.8 Å². The van der Waals surface area contributed by atoms with E-state index in [0.29, 0.717) is 0 Å². The fourth-order valence-electron chi connectivity index (χ4n) is 3.25. The zero-order valence-corrected chi connectivity index (χ0v) is 11.9. The molecule has 1 saturated heterocycles. The van der Waals surface area contributed by atoms with Gasteiger partial charge in [0.2, 0.25) is 0 Å². The van der Waals surface area contributed by atoms with Crippen LogP contribution < -0.4 is 14.8 Å². The van der Waals surface area contributed by atoms with Crippen molar-refractivity contribution in [2.75, 3.05) is 20.2 Å². The van der Waals surface area contributed by atoms with Gasteiger partial charge in [0.05, 0.1) is 7.11 Å². The van der Waals surface area contributed by atoms with Crippen molar-refractivity contribution >= 4 is 0 Å². The predicted molar refractivity (Wildman–Crippen MR) is 76.1 cm³/mol. The molecule has 0 aliphatic carbocycles. The van der Waals surface area contributed by atoms with Crippen molar-refractivity contribution in [3.05, 3.63) is 23.3 Å². The molecule has 3 heteroatoms. The highest BCUT2D eigenvalue weighted by molar-refractivity contribution is 5.52. The summed E-state index contributed by atoms with van der Waals surface area (Å²) in [6.07, 6.45) is 5.02. The van der Waals surface area contributed by atoms with Crippen LogP contribution in [0.5, 0.6) is 11.5 Å². The normalized spacial score (nSPS) is 22.9. The Bertz CT molecular complexity index is 452. The van der Waals surface area contributed by atoms with Gasteiger partial charge >= 0.3 is 0 Å². The monoisotopic (exact) mass is 261 g/mol. The number of fused-ring (bicyclic) bond motifs is 1. The van der Waals surface area contributed by atoms with Crippen molar-refractivity contribution in [3.8, 4) is 11.5 Å². The Labute approximate surface area is 115 Å². The first kappa shape index (κ1) is 12.8. The van der Waals surface area contributed by atoms with Crippen molar-refractivity contribution in [3.63, 3.8) is 0 Å². The molecule has 3 rings (SSSR count). The molecule has 0 spiro atoms. The van der Waals surface area contributed by atoms with E-state index in [0.717, 1.165) is 36.9 Å². The first-order valence-corrected chi connectivity index (χ1v) is 7.33. The Hall–Kier alpha value is -1.22. The highest BCUT2D eigenvalue weighted by Crippen LogP contribution is 2.39. The van der Waals surface area contributed by atoms with Gasteiger partial charge in [0.1, 0.15) is 6.10 Å². The third-order valence-corrected chi connectivity index (χ3v) is 4.22. The Morgan fingerprint density at radius 3 is 2.84 bits per heavy atom. The Kier molecular flexibility index (Phi) is 3.65. The van der Waals surface area contributed by atoms with Crippen LogP contribution >= 0.6 is 0 Å². The van der Waals surface area contributed by atoms with Crippen LogP contribution in [0, 0.1) is 5.92 Å². The lowest BCUT2D eigenvalue weighted by molar-refractivity contribution is 0.243. The summed E-state index contributed by atoms with van der Waals surface area (Å²) >= 11 is 0. The standard InChI is InChI=1S/C16H23NO2/c1-11-7-14-9-13(8-12-3-5-17-6-4-12)10-15(18-2)16(14)19-11/h9-12,17H,3-8H2,1-2H3. The van der Waals surface area contributed by atoms with Gasteiger partial charge in [-0.25, -0.2) is 0 Å². The van der Waals surface area contributed by atoms with Crippen LogP contribution in [-0.4, -0.2) is 26.3 Å². The number of hydrogen-bond acceptors (Lipinski definition) is 3. The minimum Gasteiger partial charge on any atom is -0.493 e. The molecule has 0 amide bonds. The molecule has 1 aromatic carbocycles. The van der Waals surface area contributed by atoms with Crippen LogP contribution in [0.25, 0.3) is 0 Å². The minimum absolute atomic E-state index is 0.276. The van der Waals surface area contributed by atoms with Gasteiger partial charge in [-0.05, 0) is 56.8 Å². The van der Waals surface area contributed by atoms with Gasteiger partial charge in [-0.15, -0.1) is 0 Å². The molecule has 2 aliphatic rings.